The second-order valence-corrected chi connectivity index (χ2v) is 6.44. The van der Waals surface area contributed by atoms with Crippen LogP contribution in [-0.4, -0.2) is 47.6 Å². The molecule has 0 atom stereocenters. The van der Waals surface area contributed by atoms with Gasteiger partial charge in [0.25, 0.3) is 0 Å². The highest BCUT2D eigenvalue weighted by Gasteiger charge is 2.19. The summed E-state index contributed by atoms with van der Waals surface area (Å²) in [7, 11) is 0. The lowest BCUT2D eigenvalue weighted by molar-refractivity contribution is 0.271. The number of aromatic nitrogens is 2. The average Bonchev–Trinajstić information content (AvgIpc) is 2.72. The maximum atomic E-state index is 4.90. The lowest BCUT2D eigenvalue weighted by atomic mass is 10.1. The van der Waals surface area contributed by atoms with Crippen molar-refractivity contribution in [1.29, 1.82) is 0 Å². The number of anilines is 1. The molecule has 1 aromatic carbocycles. The molecule has 0 aliphatic carbocycles. The van der Waals surface area contributed by atoms with E-state index in [1.807, 2.05) is 18.2 Å². The first-order chi connectivity index (χ1) is 12.8. The molecule has 0 amide bonds. The molecule has 3 heterocycles. The summed E-state index contributed by atoms with van der Waals surface area (Å²) in [6.07, 6.45) is 1.76. The van der Waals surface area contributed by atoms with Gasteiger partial charge in [-0.2, -0.15) is 0 Å². The second kappa shape index (κ2) is 7.55. The van der Waals surface area contributed by atoms with E-state index < -0.39 is 0 Å². The topological polar surface area (TPSA) is 32.3 Å². The quantitative estimate of drug-likeness (QED) is 0.670. The Kier molecular flexibility index (Phi) is 4.81. The fourth-order valence-electron chi connectivity index (χ4n) is 3.33. The van der Waals surface area contributed by atoms with Gasteiger partial charge in [-0.3, -0.25) is 0 Å². The number of likely N-dealkylation sites (N-methyl/N-ethyl adjacent to an activating group) is 1. The van der Waals surface area contributed by atoms with Gasteiger partial charge in [-0.1, -0.05) is 37.3 Å². The van der Waals surface area contributed by atoms with Crippen LogP contribution in [-0.2, 0) is 0 Å². The van der Waals surface area contributed by atoms with Crippen molar-refractivity contribution in [2.45, 2.75) is 6.92 Å². The van der Waals surface area contributed by atoms with Gasteiger partial charge in [0.15, 0.2) is 0 Å². The van der Waals surface area contributed by atoms with E-state index in [4.69, 9.17) is 4.98 Å². The molecule has 1 fully saturated rings. The van der Waals surface area contributed by atoms with Crippen molar-refractivity contribution in [1.82, 2.24) is 14.9 Å². The summed E-state index contributed by atoms with van der Waals surface area (Å²) in [5.74, 6) is 7.36. The summed E-state index contributed by atoms with van der Waals surface area (Å²) >= 11 is 0. The number of rotatable bonds is 2. The van der Waals surface area contributed by atoms with Crippen LogP contribution in [0, 0.1) is 11.8 Å². The summed E-state index contributed by atoms with van der Waals surface area (Å²) < 4.78 is 0. The summed E-state index contributed by atoms with van der Waals surface area (Å²) in [4.78, 5) is 14.0. The highest BCUT2D eigenvalue weighted by molar-refractivity contribution is 5.93. The molecule has 1 aliphatic rings. The van der Waals surface area contributed by atoms with Gasteiger partial charge in [0.2, 0.25) is 0 Å². The smallest absolute Gasteiger partial charge is 0.138 e. The van der Waals surface area contributed by atoms with Crippen molar-refractivity contribution in [3.63, 3.8) is 0 Å². The Bertz CT molecular complexity index is 948. The minimum atomic E-state index is 0.764. The van der Waals surface area contributed by atoms with Crippen molar-refractivity contribution in [2.24, 2.45) is 0 Å². The van der Waals surface area contributed by atoms with Crippen LogP contribution < -0.4 is 4.90 Å². The monoisotopic (exact) mass is 342 g/mol. The van der Waals surface area contributed by atoms with Crippen LogP contribution in [0.1, 0.15) is 18.3 Å². The summed E-state index contributed by atoms with van der Waals surface area (Å²) in [5.41, 5.74) is 1.56. The first-order valence-corrected chi connectivity index (χ1v) is 9.13. The summed E-state index contributed by atoms with van der Waals surface area (Å²) in [6.45, 7) is 7.49. The third kappa shape index (κ3) is 3.54. The SMILES string of the molecule is CCN1CCN(c2nc(C#Cc3ccccn3)cc3ccccc23)CC1. The van der Waals surface area contributed by atoms with Gasteiger partial charge in [-0.15, -0.1) is 0 Å². The van der Waals surface area contributed by atoms with Crippen LogP contribution in [0.4, 0.5) is 5.82 Å². The number of benzene rings is 1. The molecule has 0 N–H and O–H groups in total. The molecular formula is C22H22N4. The van der Waals surface area contributed by atoms with Gasteiger partial charge in [-0.25, -0.2) is 9.97 Å². The van der Waals surface area contributed by atoms with Crippen molar-refractivity contribution in [3.05, 3.63) is 66.1 Å². The van der Waals surface area contributed by atoms with Crippen molar-refractivity contribution in [2.75, 3.05) is 37.6 Å². The molecule has 2 aromatic heterocycles. The molecule has 4 heteroatoms. The van der Waals surface area contributed by atoms with E-state index >= 15 is 0 Å². The number of nitrogens with zero attached hydrogens (tertiary/aromatic N) is 4. The molecule has 1 saturated heterocycles. The van der Waals surface area contributed by atoms with Crippen LogP contribution >= 0.6 is 0 Å². The summed E-state index contributed by atoms with van der Waals surface area (Å²) in [6, 6.07) is 16.3. The van der Waals surface area contributed by atoms with Crippen molar-refractivity contribution in [3.8, 4) is 11.8 Å². The van der Waals surface area contributed by atoms with Crippen LogP contribution in [0.3, 0.4) is 0 Å². The first kappa shape index (κ1) is 16.6. The summed E-state index contributed by atoms with van der Waals surface area (Å²) in [5, 5.41) is 2.38. The molecule has 4 nitrogen and oxygen atoms in total. The Morgan fingerprint density at radius 2 is 1.69 bits per heavy atom. The zero-order valence-electron chi connectivity index (χ0n) is 15.0. The highest BCUT2D eigenvalue weighted by Crippen LogP contribution is 2.26. The van der Waals surface area contributed by atoms with E-state index in [0.717, 1.165) is 49.9 Å². The molecule has 0 saturated carbocycles. The molecule has 0 radical (unpaired) electrons. The first-order valence-electron chi connectivity index (χ1n) is 9.13. The molecule has 130 valence electrons. The standard InChI is InChI=1S/C22H22N4/c1-2-25-13-15-26(16-14-25)22-21-9-4-3-7-18(21)17-20(24-22)11-10-19-8-5-6-12-23-19/h3-9,12,17H,2,13-16H2,1H3. The van der Waals surface area contributed by atoms with Gasteiger partial charge in [0.05, 0.1) is 0 Å². The van der Waals surface area contributed by atoms with Crippen LogP contribution in [0.2, 0.25) is 0 Å². The normalized spacial score (nSPS) is 14.9. The van der Waals surface area contributed by atoms with Gasteiger partial charge in [-0.05, 0) is 42.0 Å². The van der Waals surface area contributed by atoms with Gasteiger partial charge in [0.1, 0.15) is 17.2 Å². The second-order valence-electron chi connectivity index (χ2n) is 6.44. The molecule has 0 bridgehead atoms. The molecule has 0 unspecified atom stereocenters. The van der Waals surface area contributed by atoms with E-state index in [1.165, 1.54) is 10.8 Å². The van der Waals surface area contributed by atoms with Crippen molar-refractivity contribution >= 4 is 16.6 Å². The minimum absolute atomic E-state index is 0.764. The number of piperazine rings is 1. The predicted octanol–water partition coefficient (Wildman–Crippen LogP) is 3.17. The lowest BCUT2D eigenvalue weighted by Crippen LogP contribution is -2.46. The maximum absolute atomic E-state index is 4.90. The largest absolute Gasteiger partial charge is 0.353 e. The van der Waals surface area contributed by atoms with E-state index in [9.17, 15) is 0 Å². The minimum Gasteiger partial charge on any atom is -0.353 e. The van der Waals surface area contributed by atoms with Crippen LogP contribution in [0.15, 0.2) is 54.7 Å². The predicted molar refractivity (Wildman–Crippen MR) is 106 cm³/mol. The fourth-order valence-corrected chi connectivity index (χ4v) is 3.33. The zero-order chi connectivity index (χ0) is 17.8. The van der Waals surface area contributed by atoms with Gasteiger partial charge >= 0.3 is 0 Å². The van der Waals surface area contributed by atoms with E-state index in [2.05, 4.69) is 63.9 Å². The molecule has 3 aromatic rings. The zero-order valence-corrected chi connectivity index (χ0v) is 15.0. The Labute approximate surface area is 154 Å². The van der Waals surface area contributed by atoms with Crippen LogP contribution in [0.25, 0.3) is 10.8 Å². The third-order valence-corrected chi connectivity index (χ3v) is 4.82. The van der Waals surface area contributed by atoms with Crippen LogP contribution in [0.5, 0.6) is 0 Å². The number of hydrogen-bond donors (Lipinski definition) is 0. The fraction of sp³-hybridized carbons (Fsp3) is 0.273. The van der Waals surface area contributed by atoms with E-state index in [0.29, 0.717) is 0 Å². The third-order valence-electron chi connectivity index (χ3n) is 4.82. The number of pyridine rings is 2. The molecular weight excluding hydrogens is 320 g/mol. The molecule has 1 aliphatic heterocycles. The Morgan fingerprint density at radius 3 is 2.46 bits per heavy atom. The van der Waals surface area contributed by atoms with Gasteiger partial charge < -0.3 is 9.80 Å². The van der Waals surface area contributed by atoms with Crippen molar-refractivity contribution < 1.29 is 0 Å². The lowest BCUT2D eigenvalue weighted by Gasteiger charge is -2.35. The Balaban J connectivity index is 1.71. The Hall–Kier alpha value is -2.90. The number of hydrogen-bond acceptors (Lipinski definition) is 4. The molecule has 0 spiro atoms. The Morgan fingerprint density at radius 1 is 0.923 bits per heavy atom. The molecule has 4 rings (SSSR count). The van der Waals surface area contributed by atoms with E-state index in [-0.39, 0.29) is 0 Å². The van der Waals surface area contributed by atoms with E-state index in [1.54, 1.807) is 6.20 Å². The average molecular weight is 342 g/mol. The van der Waals surface area contributed by atoms with Gasteiger partial charge in [0, 0.05) is 37.8 Å². The number of fused-ring (bicyclic) bond motifs is 1. The maximum Gasteiger partial charge on any atom is 0.138 e. The highest BCUT2D eigenvalue weighted by atomic mass is 15.3. The molecule has 26 heavy (non-hydrogen) atoms.